The Morgan fingerprint density at radius 1 is 1.50 bits per heavy atom. The molecule has 0 rings (SSSR count). The lowest BCUT2D eigenvalue weighted by atomic mass is 10.6. The number of hydrogen-bond donors (Lipinski definition) is 2. The monoisotopic (exact) mass is 182 g/mol. The molecule has 0 aromatic heterocycles. The van der Waals surface area contributed by atoms with Gasteiger partial charge in [0.25, 0.3) is 6.43 Å². The van der Waals surface area contributed by atoms with Crippen molar-refractivity contribution in [3.8, 4) is 0 Å². The van der Waals surface area contributed by atoms with Crippen molar-refractivity contribution in [3.05, 3.63) is 0 Å². The van der Waals surface area contributed by atoms with E-state index in [2.05, 4.69) is 10.1 Å². The molecule has 0 aromatic carbocycles. The Morgan fingerprint density at radius 2 is 2.17 bits per heavy atom. The molecule has 0 unspecified atom stereocenters. The van der Waals surface area contributed by atoms with E-state index in [1.807, 2.05) is 5.32 Å². The molecule has 0 radical (unpaired) electrons. The summed E-state index contributed by atoms with van der Waals surface area (Å²) in [4.78, 5) is 10.6. The lowest BCUT2D eigenvalue weighted by molar-refractivity contribution is 0.145. The zero-order valence-electron chi connectivity index (χ0n) is 6.77. The number of carbonyl (C=O) groups excluding carboxylic acids is 1. The molecule has 0 bridgehead atoms. The van der Waals surface area contributed by atoms with E-state index < -0.39 is 19.0 Å². The molecule has 0 atom stereocenters. The lowest BCUT2D eigenvalue weighted by Gasteiger charge is -2.05. The summed E-state index contributed by atoms with van der Waals surface area (Å²) in [5, 5.41) is 4.32. The van der Waals surface area contributed by atoms with Gasteiger partial charge in [-0.05, 0) is 0 Å². The molecule has 0 aliphatic rings. The van der Waals surface area contributed by atoms with Crippen LogP contribution >= 0.6 is 0 Å². The number of alkyl halides is 2. The average molecular weight is 182 g/mol. The molecule has 0 saturated carbocycles. The molecule has 72 valence electrons. The van der Waals surface area contributed by atoms with Gasteiger partial charge >= 0.3 is 6.03 Å². The van der Waals surface area contributed by atoms with Crippen molar-refractivity contribution in [2.75, 3.05) is 26.8 Å². The van der Waals surface area contributed by atoms with Gasteiger partial charge in [0.1, 0.15) is 0 Å². The molecule has 0 fully saturated rings. The molecule has 0 heterocycles. The van der Waals surface area contributed by atoms with Crippen molar-refractivity contribution in [3.63, 3.8) is 0 Å². The number of urea groups is 1. The molecule has 4 nitrogen and oxygen atoms in total. The third kappa shape index (κ3) is 7.20. The predicted molar refractivity (Wildman–Crippen MR) is 39.3 cm³/mol. The highest BCUT2D eigenvalue weighted by molar-refractivity contribution is 5.73. The minimum Gasteiger partial charge on any atom is -0.383 e. The Labute approximate surface area is 69.3 Å². The summed E-state index contributed by atoms with van der Waals surface area (Å²) in [5.74, 6) is 0. The van der Waals surface area contributed by atoms with Gasteiger partial charge in [0.05, 0.1) is 13.2 Å². The molecule has 12 heavy (non-hydrogen) atoms. The zero-order chi connectivity index (χ0) is 9.40. The normalized spacial score (nSPS) is 10.0. The highest BCUT2D eigenvalue weighted by atomic mass is 19.3. The summed E-state index contributed by atoms with van der Waals surface area (Å²) in [6, 6.07) is -0.604. The molecule has 0 aliphatic carbocycles. The van der Waals surface area contributed by atoms with Gasteiger partial charge in [-0.25, -0.2) is 13.6 Å². The first-order valence-corrected chi connectivity index (χ1v) is 3.45. The van der Waals surface area contributed by atoms with Crippen LogP contribution in [0.5, 0.6) is 0 Å². The zero-order valence-corrected chi connectivity index (χ0v) is 6.77. The molecule has 2 N–H and O–H groups in total. The summed E-state index contributed by atoms with van der Waals surface area (Å²) in [5.41, 5.74) is 0. The lowest BCUT2D eigenvalue weighted by Crippen LogP contribution is -2.39. The Balaban J connectivity index is 3.22. The molecule has 0 saturated heterocycles. The van der Waals surface area contributed by atoms with E-state index in [4.69, 9.17) is 0 Å². The fourth-order valence-corrected chi connectivity index (χ4v) is 0.499. The molecule has 6 heteroatoms. The average Bonchev–Trinajstić information content (AvgIpc) is 2.01. The van der Waals surface area contributed by atoms with Gasteiger partial charge in [-0.3, -0.25) is 0 Å². The number of rotatable bonds is 5. The summed E-state index contributed by atoms with van der Waals surface area (Å²) < 4.78 is 27.7. The van der Waals surface area contributed by atoms with Crippen molar-refractivity contribution < 1.29 is 18.3 Å². The first-order valence-electron chi connectivity index (χ1n) is 3.45. The van der Waals surface area contributed by atoms with Crippen molar-refractivity contribution in [2.24, 2.45) is 0 Å². The van der Waals surface area contributed by atoms with E-state index in [9.17, 15) is 13.6 Å². The summed E-state index contributed by atoms with van der Waals surface area (Å²) in [7, 11) is 1.48. The van der Waals surface area contributed by atoms with Crippen LogP contribution in [0.2, 0.25) is 0 Å². The van der Waals surface area contributed by atoms with Gasteiger partial charge in [-0.2, -0.15) is 0 Å². The van der Waals surface area contributed by atoms with Crippen molar-refractivity contribution >= 4 is 6.03 Å². The van der Waals surface area contributed by atoms with Crippen LogP contribution in [0.3, 0.4) is 0 Å². The van der Waals surface area contributed by atoms with Crippen molar-refractivity contribution in [2.45, 2.75) is 6.43 Å². The predicted octanol–water partition coefficient (Wildman–Crippen LogP) is 0.197. The molecule has 2 amide bonds. The second-order valence-electron chi connectivity index (χ2n) is 2.02. The number of amides is 2. The minimum absolute atomic E-state index is 0.311. The third-order valence-corrected chi connectivity index (χ3v) is 1.01. The van der Waals surface area contributed by atoms with Crippen LogP contribution in [-0.4, -0.2) is 39.3 Å². The summed E-state index contributed by atoms with van der Waals surface area (Å²) in [6.45, 7) is 0.0481. The van der Waals surface area contributed by atoms with Crippen LogP contribution in [0.4, 0.5) is 13.6 Å². The first kappa shape index (κ1) is 11.1. The number of nitrogens with one attached hydrogen (secondary N) is 2. The molecular weight excluding hydrogens is 170 g/mol. The number of hydrogen-bond acceptors (Lipinski definition) is 2. The van der Waals surface area contributed by atoms with Crippen LogP contribution in [0.15, 0.2) is 0 Å². The van der Waals surface area contributed by atoms with Gasteiger partial charge < -0.3 is 15.4 Å². The van der Waals surface area contributed by atoms with Crippen LogP contribution in [0, 0.1) is 0 Å². The Kier molecular flexibility index (Phi) is 6.26. The topological polar surface area (TPSA) is 50.4 Å². The molecular formula is C6H12F2N2O2. The van der Waals surface area contributed by atoms with Crippen LogP contribution in [0.25, 0.3) is 0 Å². The second kappa shape index (κ2) is 6.78. The first-order chi connectivity index (χ1) is 5.66. The maximum atomic E-state index is 11.5. The number of ether oxygens (including phenoxy) is 1. The van der Waals surface area contributed by atoms with Crippen molar-refractivity contribution in [1.29, 1.82) is 0 Å². The second-order valence-corrected chi connectivity index (χ2v) is 2.02. The smallest absolute Gasteiger partial charge is 0.315 e. The van der Waals surface area contributed by atoms with E-state index in [1.54, 1.807) is 0 Å². The third-order valence-electron chi connectivity index (χ3n) is 1.01. The fourth-order valence-electron chi connectivity index (χ4n) is 0.499. The Bertz CT molecular complexity index is 133. The summed E-state index contributed by atoms with van der Waals surface area (Å²) in [6.07, 6.45) is -2.52. The number of carbonyl (C=O) groups is 1. The standard InChI is InChI=1S/C6H12F2N2O2/c1-12-3-2-9-6(11)10-4-5(7)8/h5H,2-4H2,1H3,(H2,9,10,11). The molecule has 0 aliphatic heterocycles. The van der Waals surface area contributed by atoms with Gasteiger partial charge in [0.2, 0.25) is 0 Å². The highest BCUT2D eigenvalue weighted by Crippen LogP contribution is 1.86. The quantitative estimate of drug-likeness (QED) is 0.596. The van der Waals surface area contributed by atoms with E-state index in [-0.39, 0.29) is 0 Å². The van der Waals surface area contributed by atoms with Crippen LogP contribution in [-0.2, 0) is 4.74 Å². The van der Waals surface area contributed by atoms with Gasteiger partial charge in [0, 0.05) is 13.7 Å². The van der Waals surface area contributed by atoms with Gasteiger partial charge in [-0.1, -0.05) is 0 Å². The van der Waals surface area contributed by atoms with Gasteiger partial charge in [0.15, 0.2) is 0 Å². The minimum atomic E-state index is -2.52. The number of methoxy groups -OCH3 is 1. The van der Waals surface area contributed by atoms with E-state index >= 15 is 0 Å². The van der Waals surface area contributed by atoms with Crippen molar-refractivity contribution in [1.82, 2.24) is 10.6 Å². The van der Waals surface area contributed by atoms with Crippen LogP contribution < -0.4 is 10.6 Å². The molecule has 0 aromatic rings. The molecule has 0 spiro atoms. The van der Waals surface area contributed by atoms with Crippen LogP contribution in [0.1, 0.15) is 0 Å². The van der Waals surface area contributed by atoms with E-state index in [0.29, 0.717) is 13.2 Å². The maximum absolute atomic E-state index is 11.5. The van der Waals surface area contributed by atoms with Gasteiger partial charge in [-0.15, -0.1) is 0 Å². The number of halogens is 2. The highest BCUT2D eigenvalue weighted by Gasteiger charge is 2.04. The van der Waals surface area contributed by atoms with E-state index in [1.165, 1.54) is 7.11 Å². The largest absolute Gasteiger partial charge is 0.383 e. The Morgan fingerprint density at radius 3 is 2.67 bits per heavy atom. The SMILES string of the molecule is COCCNC(=O)NCC(F)F. The summed E-state index contributed by atoms with van der Waals surface area (Å²) >= 11 is 0. The van der Waals surface area contributed by atoms with E-state index in [0.717, 1.165) is 0 Å². The Hall–Kier alpha value is -0.910. The maximum Gasteiger partial charge on any atom is 0.315 e. The fraction of sp³-hybridized carbons (Fsp3) is 0.833.